The van der Waals surface area contributed by atoms with E-state index in [0.29, 0.717) is 11.4 Å². The molecule has 3 rings (SSSR count). The first-order valence-corrected chi connectivity index (χ1v) is 12.5. The van der Waals surface area contributed by atoms with Gasteiger partial charge in [0.2, 0.25) is 5.91 Å². The third-order valence-corrected chi connectivity index (χ3v) is 7.06. The molecule has 0 heterocycles. The molecule has 0 atom stereocenters. The minimum absolute atomic E-state index is 0.0261. The maximum atomic E-state index is 13.6. The average Bonchev–Trinajstić information content (AvgIpc) is 2.83. The third-order valence-electron chi connectivity index (χ3n) is 4.97. The number of esters is 1. The first-order valence-electron chi connectivity index (χ1n) is 10.7. The number of nitrogens with zero attached hydrogens (tertiary/aromatic N) is 1. The molecule has 0 aliphatic carbocycles. The highest BCUT2D eigenvalue weighted by molar-refractivity contribution is 7.92. The molecule has 1 N–H and O–H groups in total. The maximum Gasteiger partial charge on any atom is 0.339 e. The maximum absolute atomic E-state index is 13.6. The second kappa shape index (κ2) is 11.2. The molecule has 0 unspecified atom stereocenters. The number of ether oxygens (including phenoxy) is 2. The number of halogens is 1. The molecule has 0 saturated carbocycles. The van der Waals surface area contributed by atoms with Gasteiger partial charge in [-0.05, 0) is 61.9 Å². The van der Waals surface area contributed by atoms with Crippen molar-refractivity contribution in [3.63, 3.8) is 0 Å². The van der Waals surface area contributed by atoms with Crippen LogP contribution in [-0.4, -0.2) is 40.6 Å². The lowest BCUT2D eigenvalue weighted by molar-refractivity contribution is -0.114. The summed E-state index contributed by atoms with van der Waals surface area (Å²) in [5.41, 5.74) is 1.46. The molecule has 0 saturated heterocycles. The number of sulfonamides is 1. The molecule has 0 aliphatic heterocycles. The summed E-state index contributed by atoms with van der Waals surface area (Å²) in [7, 11) is -2.69. The van der Waals surface area contributed by atoms with Gasteiger partial charge in [-0.1, -0.05) is 35.9 Å². The second-order valence-corrected chi connectivity index (χ2v) is 9.73. The number of amides is 1. The van der Waals surface area contributed by atoms with Crippen molar-refractivity contribution in [2.75, 3.05) is 29.9 Å². The van der Waals surface area contributed by atoms with Gasteiger partial charge in [0.15, 0.2) is 0 Å². The molecule has 10 heteroatoms. The van der Waals surface area contributed by atoms with Crippen LogP contribution in [0.2, 0.25) is 5.02 Å². The predicted octanol–water partition coefficient (Wildman–Crippen LogP) is 4.67. The first kappa shape index (κ1) is 26.1. The summed E-state index contributed by atoms with van der Waals surface area (Å²) in [5.74, 6) is -0.903. The first-order chi connectivity index (χ1) is 16.7. The Morgan fingerprint density at radius 3 is 2.37 bits per heavy atom. The van der Waals surface area contributed by atoms with E-state index in [1.54, 1.807) is 43.3 Å². The summed E-state index contributed by atoms with van der Waals surface area (Å²) in [6.07, 6.45) is 0. The molecule has 0 fully saturated rings. The van der Waals surface area contributed by atoms with E-state index in [0.717, 1.165) is 9.87 Å². The van der Waals surface area contributed by atoms with Crippen molar-refractivity contribution in [2.45, 2.75) is 18.7 Å². The van der Waals surface area contributed by atoms with E-state index in [4.69, 9.17) is 21.1 Å². The molecular formula is C25H25ClN2O6S. The lowest BCUT2D eigenvalue weighted by atomic mass is 10.2. The number of hydrogen-bond donors (Lipinski definition) is 1. The summed E-state index contributed by atoms with van der Waals surface area (Å²) in [6.45, 7) is 3.15. The Hall–Kier alpha value is -3.56. The zero-order valence-electron chi connectivity index (χ0n) is 19.4. The van der Waals surface area contributed by atoms with Crippen LogP contribution in [0.25, 0.3) is 0 Å². The van der Waals surface area contributed by atoms with Crippen LogP contribution in [0.4, 0.5) is 11.4 Å². The molecule has 0 aliphatic rings. The van der Waals surface area contributed by atoms with E-state index < -0.39 is 28.4 Å². The monoisotopic (exact) mass is 516 g/mol. The van der Waals surface area contributed by atoms with Gasteiger partial charge in [-0.25, -0.2) is 13.2 Å². The highest BCUT2D eigenvalue weighted by Crippen LogP contribution is 2.33. The van der Waals surface area contributed by atoms with Gasteiger partial charge < -0.3 is 14.8 Å². The van der Waals surface area contributed by atoms with Crippen molar-refractivity contribution in [1.82, 2.24) is 0 Å². The summed E-state index contributed by atoms with van der Waals surface area (Å²) in [6, 6.07) is 17.2. The fourth-order valence-electron chi connectivity index (χ4n) is 3.31. The van der Waals surface area contributed by atoms with E-state index in [1.165, 1.54) is 37.4 Å². The number of aryl methyl sites for hydroxylation is 1. The van der Waals surface area contributed by atoms with Gasteiger partial charge >= 0.3 is 5.97 Å². The van der Waals surface area contributed by atoms with Crippen molar-refractivity contribution in [1.29, 1.82) is 0 Å². The summed E-state index contributed by atoms with van der Waals surface area (Å²) >= 11 is 6.18. The number of anilines is 2. The molecule has 1 amide bonds. The van der Waals surface area contributed by atoms with Crippen LogP contribution in [-0.2, 0) is 19.6 Å². The lowest BCUT2D eigenvalue weighted by Crippen LogP contribution is -2.38. The molecule has 3 aromatic carbocycles. The van der Waals surface area contributed by atoms with Gasteiger partial charge in [-0.2, -0.15) is 0 Å². The normalized spacial score (nSPS) is 11.0. The number of benzene rings is 3. The Kier molecular flexibility index (Phi) is 8.37. The van der Waals surface area contributed by atoms with E-state index in [9.17, 15) is 18.0 Å². The Morgan fingerprint density at radius 1 is 1.03 bits per heavy atom. The van der Waals surface area contributed by atoms with Gasteiger partial charge in [-0.3, -0.25) is 9.10 Å². The lowest BCUT2D eigenvalue weighted by Gasteiger charge is -2.26. The standard InChI is InChI=1S/C25H25ClN2O6S/c1-4-34-25(30)20-12-11-18(15-21(20)26)27-24(29)16-28(22-14-17(2)10-13-23(22)33-3)35(31,32)19-8-6-5-7-9-19/h5-15H,4,16H2,1-3H3,(H,27,29). The number of rotatable bonds is 9. The minimum atomic E-state index is -4.12. The summed E-state index contributed by atoms with van der Waals surface area (Å²) in [4.78, 5) is 25.0. The van der Waals surface area contributed by atoms with Crippen LogP contribution < -0.4 is 14.4 Å². The Balaban J connectivity index is 1.94. The molecule has 8 nitrogen and oxygen atoms in total. The largest absolute Gasteiger partial charge is 0.495 e. The number of methoxy groups -OCH3 is 1. The third kappa shape index (κ3) is 6.12. The van der Waals surface area contributed by atoms with E-state index in [1.807, 2.05) is 6.92 Å². The van der Waals surface area contributed by atoms with E-state index >= 15 is 0 Å². The molecule has 184 valence electrons. The topological polar surface area (TPSA) is 102 Å². The van der Waals surface area contributed by atoms with Crippen molar-refractivity contribution >= 4 is 44.9 Å². The molecule has 3 aromatic rings. The Morgan fingerprint density at radius 2 is 1.74 bits per heavy atom. The summed E-state index contributed by atoms with van der Waals surface area (Å²) in [5, 5.41) is 2.73. The quantitative estimate of drug-likeness (QED) is 0.415. The highest BCUT2D eigenvalue weighted by atomic mass is 35.5. The molecule has 0 bridgehead atoms. The van der Waals surface area contributed by atoms with Crippen molar-refractivity contribution in [3.05, 3.63) is 82.9 Å². The van der Waals surface area contributed by atoms with Crippen LogP contribution >= 0.6 is 11.6 Å². The van der Waals surface area contributed by atoms with Crippen molar-refractivity contribution < 1.29 is 27.5 Å². The molecule has 0 aromatic heterocycles. The van der Waals surface area contributed by atoms with Gasteiger partial charge in [0.05, 0.1) is 34.9 Å². The SMILES string of the molecule is CCOC(=O)c1ccc(NC(=O)CN(c2cc(C)ccc2OC)S(=O)(=O)c2ccccc2)cc1Cl. The van der Waals surface area contributed by atoms with Crippen molar-refractivity contribution in [3.8, 4) is 5.75 Å². The number of hydrogen-bond acceptors (Lipinski definition) is 6. The predicted molar refractivity (Wildman–Crippen MR) is 135 cm³/mol. The van der Waals surface area contributed by atoms with Crippen molar-refractivity contribution in [2.24, 2.45) is 0 Å². The fourth-order valence-corrected chi connectivity index (χ4v) is 5.01. The zero-order chi connectivity index (χ0) is 25.6. The highest BCUT2D eigenvalue weighted by Gasteiger charge is 2.29. The van der Waals surface area contributed by atoms with Crippen LogP contribution in [0.3, 0.4) is 0 Å². The number of nitrogens with one attached hydrogen (secondary N) is 1. The number of carbonyl (C=O) groups is 2. The van der Waals surface area contributed by atoms with E-state index in [2.05, 4.69) is 5.32 Å². The molecule has 35 heavy (non-hydrogen) atoms. The van der Waals surface area contributed by atoms with Gasteiger partial charge in [-0.15, -0.1) is 0 Å². The summed E-state index contributed by atoms with van der Waals surface area (Å²) < 4.78 is 38.4. The molecular weight excluding hydrogens is 492 g/mol. The van der Waals surface area contributed by atoms with Crippen LogP contribution in [0.1, 0.15) is 22.8 Å². The molecule has 0 spiro atoms. The van der Waals surface area contributed by atoms with Crippen LogP contribution in [0, 0.1) is 6.92 Å². The van der Waals surface area contributed by atoms with Gasteiger partial charge in [0.25, 0.3) is 10.0 Å². The number of carbonyl (C=O) groups excluding carboxylic acids is 2. The minimum Gasteiger partial charge on any atom is -0.495 e. The van der Waals surface area contributed by atoms with Gasteiger partial charge in [0, 0.05) is 5.69 Å². The van der Waals surface area contributed by atoms with E-state index in [-0.39, 0.29) is 27.8 Å². The smallest absolute Gasteiger partial charge is 0.339 e. The Bertz CT molecular complexity index is 1330. The van der Waals surface area contributed by atoms with Gasteiger partial charge in [0.1, 0.15) is 12.3 Å². The zero-order valence-corrected chi connectivity index (χ0v) is 21.0. The Labute approximate surface area is 209 Å². The molecule has 0 radical (unpaired) electrons. The fraction of sp³-hybridized carbons (Fsp3) is 0.200. The van der Waals surface area contributed by atoms with Crippen LogP contribution in [0.15, 0.2) is 71.6 Å². The second-order valence-electron chi connectivity index (χ2n) is 7.46. The van der Waals surface area contributed by atoms with Crippen LogP contribution in [0.5, 0.6) is 5.75 Å². The average molecular weight is 517 g/mol.